The maximum absolute atomic E-state index is 12.6. The van der Waals surface area contributed by atoms with Crippen molar-refractivity contribution in [3.05, 3.63) is 52.6 Å². The molecule has 0 spiro atoms. The van der Waals surface area contributed by atoms with E-state index in [-0.39, 0.29) is 11.9 Å². The van der Waals surface area contributed by atoms with Crippen LogP contribution in [0.2, 0.25) is 0 Å². The Balaban J connectivity index is 1.54. The van der Waals surface area contributed by atoms with Crippen molar-refractivity contribution in [2.75, 3.05) is 0 Å². The van der Waals surface area contributed by atoms with E-state index >= 15 is 0 Å². The number of nitrogens with zero attached hydrogens (tertiary/aromatic N) is 3. The third-order valence-electron chi connectivity index (χ3n) is 4.69. The molecular formula is C18H19N5O. The van der Waals surface area contributed by atoms with Crippen molar-refractivity contribution in [2.45, 2.75) is 39.2 Å². The summed E-state index contributed by atoms with van der Waals surface area (Å²) in [5.41, 5.74) is 6.38. The van der Waals surface area contributed by atoms with E-state index in [1.54, 1.807) is 0 Å². The highest BCUT2D eigenvalue weighted by Gasteiger charge is 2.22. The second-order valence-electron chi connectivity index (χ2n) is 6.38. The van der Waals surface area contributed by atoms with Crippen molar-refractivity contribution in [3.8, 4) is 0 Å². The number of aromatic amines is 1. The SMILES string of the molecule is Cc1nc2ccc(C(=O)NC3CCc4cn[nH]c4C3)cc2nc1C. The van der Waals surface area contributed by atoms with Gasteiger partial charge in [-0.2, -0.15) is 5.10 Å². The van der Waals surface area contributed by atoms with Gasteiger partial charge in [0.05, 0.1) is 28.6 Å². The molecule has 1 aromatic carbocycles. The molecule has 4 rings (SSSR count). The van der Waals surface area contributed by atoms with Crippen molar-refractivity contribution >= 4 is 16.9 Å². The lowest BCUT2D eigenvalue weighted by molar-refractivity contribution is 0.0933. The molecule has 3 aromatic rings. The van der Waals surface area contributed by atoms with Crippen LogP contribution in [0.5, 0.6) is 0 Å². The van der Waals surface area contributed by atoms with Crippen LogP contribution < -0.4 is 5.32 Å². The van der Waals surface area contributed by atoms with Crippen LogP contribution in [-0.2, 0) is 12.8 Å². The first kappa shape index (κ1) is 14.8. The molecule has 6 nitrogen and oxygen atoms in total. The number of H-pyrrole nitrogens is 1. The molecule has 2 N–H and O–H groups in total. The van der Waals surface area contributed by atoms with Crippen molar-refractivity contribution in [3.63, 3.8) is 0 Å². The highest BCUT2D eigenvalue weighted by molar-refractivity contribution is 5.97. The van der Waals surface area contributed by atoms with Gasteiger partial charge in [-0.15, -0.1) is 0 Å². The summed E-state index contributed by atoms with van der Waals surface area (Å²) in [6.07, 6.45) is 4.55. The molecule has 0 fully saturated rings. The zero-order chi connectivity index (χ0) is 16.7. The summed E-state index contributed by atoms with van der Waals surface area (Å²) in [6, 6.07) is 5.62. The van der Waals surface area contributed by atoms with E-state index in [0.29, 0.717) is 5.56 Å². The van der Waals surface area contributed by atoms with Gasteiger partial charge in [-0.25, -0.2) is 9.97 Å². The molecule has 0 bridgehead atoms. The average Bonchev–Trinajstić information content (AvgIpc) is 3.03. The lowest BCUT2D eigenvalue weighted by atomic mass is 9.93. The fourth-order valence-corrected chi connectivity index (χ4v) is 3.17. The Morgan fingerprint density at radius 1 is 1.21 bits per heavy atom. The first-order chi connectivity index (χ1) is 11.6. The molecule has 2 aromatic heterocycles. The highest BCUT2D eigenvalue weighted by atomic mass is 16.1. The number of amides is 1. The van der Waals surface area contributed by atoms with E-state index in [1.165, 1.54) is 5.56 Å². The maximum Gasteiger partial charge on any atom is 0.251 e. The zero-order valence-corrected chi connectivity index (χ0v) is 13.8. The number of carbonyl (C=O) groups is 1. The van der Waals surface area contributed by atoms with E-state index in [4.69, 9.17) is 0 Å². The molecule has 24 heavy (non-hydrogen) atoms. The number of carbonyl (C=O) groups excluding carboxylic acids is 1. The van der Waals surface area contributed by atoms with Gasteiger partial charge in [0.15, 0.2) is 0 Å². The summed E-state index contributed by atoms with van der Waals surface area (Å²) in [4.78, 5) is 21.6. The first-order valence-corrected chi connectivity index (χ1v) is 8.17. The molecular weight excluding hydrogens is 302 g/mol. The van der Waals surface area contributed by atoms with Crippen LogP contribution in [0.15, 0.2) is 24.4 Å². The molecule has 1 unspecified atom stereocenters. The molecule has 0 saturated heterocycles. The predicted molar refractivity (Wildman–Crippen MR) is 90.9 cm³/mol. The van der Waals surface area contributed by atoms with Crippen molar-refractivity contribution in [1.82, 2.24) is 25.5 Å². The largest absolute Gasteiger partial charge is 0.349 e. The summed E-state index contributed by atoms with van der Waals surface area (Å²) in [7, 11) is 0. The van der Waals surface area contributed by atoms with Crippen molar-refractivity contribution < 1.29 is 4.79 Å². The Labute approximate surface area is 139 Å². The van der Waals surface area contributed by atoms with E-state index in [2.05, 4.69) is 25.5 Å². The average molecular weight is 321 g/mol. The quantitative estimate of drug-likeness (QED) is 0.758. The number of nitrogens with one attached hydrogen (secondary N) is 2. The van der Waals surface area contributed by atoms with E-state index in [9.17, 15) is 4.79 Å². The van der Waals surface area contributed by atoms with Crippen LogP contribution in [0.3, 0.4) is 0 Å². The van der Waals surface area contributed by atoms with Gasteiger partial charge in [-0.3, -0.25) is 9.89 Å². The van der Waals surface area contributed by atoms with E-state index < -0.39 is 0 Å². The zero-order valence-electron chi connectivity index (χ0n) is 13.8. The standard InChI is InChI=1S/C18H19N5O/c1-10-11(2)21-17-7-12(4-6-15(17)20-10)18(24)22-14-5-3-13-9-19-23-16(13)8-14/h4,6-7,9,14H,3,5,8H2,1-2H3,(H,19,23)(H,22,24). The van der Waals surface area contributed by atoms with Crippen LogP contribution in [-0.4, -0.2) is 32.1 Å². The predicted octanol–water partition coefficient (Wildman–Crippen LogP) is 2.26. The molecule has 1 aliphatic rings. The van der Waals surface area contributed by atoms with Gasteiger partial charge < -0.3 is 5.32 Å². The molecule has 122 valence electrons. The van der Waals surface area contributed by atoms with Crippen LogP contribution in [0.25, 0.3) is 11.0 Å². The number of fused-ring (bicyclic) bond motifs is 2. The van der Waals surface area contributed by atoms with Crippen molar-refractivity contribution in [2.24, 2.45) is 0 Å². The number of rotatable bonds is 2. The van der Waals surface area contributed by atoms with Crippen LogP contribution in [0.4, 0.5) is 0 Å². The van der Waals surface area contributed by atoms with Gasteiger partial charge in [-0.1, -0.05) is 0 Å². The molecule has 2 heterocycles. The molecule has 0 radical (unpaired) electrons. The smallest absolute Gasteiger partial charge is 0.251 e. The Hall–Kier alpha value is -2.76. The summed E-state index contributed by atoms with van der Waals surface area (Å²) in [6.45, 7) is 3.87. The Morgan fingerprint density at radius 2 is 2.00 bits per heavy atom. The fourth-order valence-electron chi connectivity index (χ4n) is 3.17. The fraction of sp³-hybridized carbons (Fsp3) is 0.333. The van der Waals surface area contributed by atoms with Gasteiger partial charge >= 0.3 is 0 Å². The lowest BCUT2D eigenvalue weighted by Gasteiger charge is -2.22. The van der Waals surface area contributed by atoms with Crippen molar-refractivity contribution in [1.29, 1.82) is 0 Å². The second-order valence-corrected chi connectivity index (χ2v) is 6.38. The minimum absolute atomic E-state index is 0.0649. The van der Waals surface area contributed by atoms with Gasteiger partial charge in [0, 0.05) is 23.7 Å². The number of benzene rings is 1. The monoisotopic (exact) mass is 321 g/mol. The van der Waals surface area contributed by atoms with Crippen LogP contribution >= 0.6 is 0 Å². The summed E-state index contributed by atoms with van der Waals surface area (Å²) < 4.78 is 0. The first-order valence-electron chi connectivity index (χ1n) is 8.17. The number of aromatic nitrogens is 4. The summed E-state index contributed by atoms with van der Waals surface area (Å²) >= 11 is 0. The normalized spacial score (nSPS) is 16.8. The Bertz CT molecular complexity index is 930. The van der Waals surface area contributed by atoms with Gasteiger partial charge in [0.1, 0.15) is 0 Å². The Kier molecular flexibility index (Phi) is 3.52. The highest BCUT2D eigenvalue weighted by Crippen LogP contribution is 2.20. The number of hydrogen-bond acceptors (Lipinski definition) is 4. The maximum atomic E-state index is 12.6. The van der Waals surface area contributed by atoms with Gasteiger partial charge in [-0.05, 0) is 50.5 Å². The summed E-state index contributed by atoms with van der Waals surface area (Å²) in [5, 5.41) is 10.2. The van der Waals surface area contributed by atoms with Gasteiger partial charge in [0.2, 0.25) is 0 Å². The Morgan fingerprint density at radius 3 is 2.83 bits per heavy atom. The third-order valence-corrected chi connectivity index (χ3v) is 4.69. The van der Waals surface area contributed by atoms with Gasteiger partial charge in [0.25, 0.3) is 5.91 Å². The number of aryl methyl sites for hydroxylation is 3. The molecule has 1 atom stereocenters. The molecule has 0 saturated carbocycles. The number of hydrogen-bond donors (Lipinski definition) is 2. The van der Waals surface area contributed by atoms with Crippen LogP contribution in [0, 0.1) is 13.8 Å². The van der Waals surface area contributed by atoms with E-state index in [1.807, 2.05) is 38.2 Å². The molecule has 0 aliphatic heterocycles. The molecule has 1 aliphatic carbocycles. The third kappa shape index (κ3) is 2.64. The summed E-state index contributed by atoms with van der Waals surface area (Å²) in [5.74, 6) is -0.0649. The molecule has 1 amide bonds. The molecule has 6 heteroatoms. The minimum Gasteiger partial charge on any atom is -0.349 e. The lowest BCUT2D eigenvalue weighted by Crippen LogP contribution is -2.38. The topological polar surface area (TPSA) is 83.6 Å². The second kappa shape index (κ2) is 5.70. The van der Waals surface area contributed by atoms with Crippen LogP contribution in [0.1, 0.15) is 39.4 Å². The van der Waals surface area contributed by atoms with E-state index in [0.717, 1.165) is 47.4 Å². The minimum atomic E-state index is -0.0649.